The molecular weight excluding hydrogens is 309 g/mol. The Bertz CT molecular complexity index is 771. The molecule has 1 saturated carbocycles. The lowest BCUT2D eigenvalue weighted by Crippen LogP contribution is -2.37. The van der Waals surface area contributed by atoms with Gasteiger partial charge in [-0.3, -0.25) is 4.79 Å². The first-order chi connectivity index (χ1) is 11.5. The first-order valence-electron chi connectivity index (χ1n) is 7.78. The number of carbonyl (C=O) groups is 1. The molecule has 1 fully saturated rings. The van der Waals surface area contributed by atoms with Gasteiger partial charge in [0.1, 0.15) is 5.82 Å². The summed E-state index contributed by atoms with van der Waals surface area (Å²) in [5, 5.41) is 0. The first-order valence-corrected chi connectivity index (χ1v) is 7.78. The van der Waals surface area contributed by atoms with Crippen molar-refractivity contribution in [3.8, 4) is 11.5 Å². The van der Waals surface area contributed by atoms with Crippen LogP contribution in [-0.2, 0) is 10.2 Å². The molecule has 0 spiro atoms. The number of methoxy groups -OCH3 is 2. The van der Waals surface area contributed by atoms with Crippen LogP contribution in [0.4, 0.5) is 10.1 Å². The van der Waals surface area contributed by atoms with Gasteiger partial charge in [0.25, 0.3) is 0 Å². The molecule has 0 unspecified atom stereocenters. The van der Waals surface area contributed by atoms with Crippen molar-refractivity contribution >= 4 is 11.6 Å². The summed E-state index contributed by atoms with van der Waals surface area (Å²) in [6.45, 7) is 0. The molecule has 2 aromatic rings. The van der Waals surface area contributed by atoms with E-state index in [0.29, 0.717) is 35.6 Å². The Morgan fingerprint density at radius 2 is 1.75 bits per heavy atom. The van der Waals surface area contributed by atoms with Crippen LogP contribution >= 0.6 is 0 Å². The number of anilines is 1. The van der Waals surface area contributed by atoms with Crippen LogP contribution in [0.5, 0.6) is 11.5 Å². The molecule has 2 aromatic carbocycles. The van der Waals surface area contributed by atoms with Crippen molar-refractivity contribution in [3.05, 3.63) is 53.8 Å². The minimum Gasteiger partial charge on any atom is -0.493 e. The Morgan fingerprint density at radius 3 is 2.33 bits per heavy atom. The Morgan fingerprint density at radius 1 is 1.08 bits per heavy atom. The maximum Gasteiger partial charge on any atom is 0.237 e. The van der Waals surface area contributed by atoms with Gasteiger partial charge in [-0.15, -0.1) is 0 Å². The third-order valence-corrected chi connectivity index (χ3v) is 4.61. The number of rotatable bonds is 5. The molecule has 0 radical (unpaired) electrons. The molecule has 0 aromatic heterocycles. The lowest BCUT2D eigenvalue weighted by atomic mass is 9.93. The molecule has 0 bridgehead atoms. The lowest BCUT2D eigenvalue weighted by Gasteiger charge is -2.25. The van der Waals surface area contributed by atoms with Crippen LogP contribution in [0.1, 0.15) is 18.4 Å². The van der Waals surface area contributed by atoms with Gasteiger partial charge >= 0.3 is 0 Å². The van der Waals surface area contributed by atoms with Crippen molar-refractivity contribution in [1.82, 2.24) is 0 Å². The molecule has 0 heterocycles. The van der Waals surface area contributed by atoms with Gasteiger partial charge < -0.3 is 14.4 Å². The Hall–Kier alpha value is -2.56. The van der Waals surface area contributed by atoms with Crippen molar-refractivity contribution in [2.45, 2.75) is 18.3 Å². The van der Waals surface area contributed by atoms with Crippen LogP contribution in [0.2, 0.25) is 0 Å². The minimum atomic E-state index is -0.757. The summed E-state index contributed by atoms with van der Waals surface area (Å²) in [5.74, 6) is 0.701. The van der Waals surface area contributed by atoms with Crippen molar-refractivity contribution in [3.63, 3.8) is 0 Å². The van der Waals surface area contributed by atoms with Crippen LogP contribution in [0, 0.1) is 5.82 Å². The van der Waals surface area contributed by atoms with Gasteiger partial charge in [0.05, 0.1) is 19.6 Å². The summed E-state index contributed by atoms with van der Waals surface area (Å²) in [7, 11) is 4.81. The van der Waals surface area contributed by atoms with Gasteiger partial charge in [-0.05, 0) is 31.0 Å². The average Bonchev–Trinajstić information content (AvgIpc) is 3.42. The number of halogens is 1. The summed E-state index contributed by atoms with van der Waals surface area (Å²) >= 11 is 0. The second-order valence-electron chi connectivity index (χ2n) is 5.97. The van der Waals surface area contributed by atoms with E-state index in [9.17, 15) is 9.18 Å². The maximum absolute atomic E-state index is 14.2. The van der Waals surface area contributed by atoms with E-state index < -0.39 is 5.41 Å². The van der Waals surface area contributed by atoms with E-state index in [2.05, 4.69) is 0 Å². The predicted octanol–water partition coefficient (Wildman–Crippen LogP) is 3.54. The Labute approximate surface area is 140 Å². The van der Waals surface area contributed by atoms with Gasteiger partial charge in [0.15, 0.2) is 11.5 Å². The van der Waals surface area contributed by atoms with Crippen molar-refractivity contribution in [1.29, 1.82) is 0 Å². The number of benzene rings is 2. The minimum absolute atomic E-state index is 0.111. The third kappa shape index (κ3) is 2.60. The third-order valence-electron chi connectivity index (χ3n) is 4.61. The summed E-state index contributed by atoms with van der Waals surface area (Å²) in [6, 6.07) is 11.8. The second-order valence-corrected chi connectivity index (χ2v) is 5.97. The lowest BCUT2D eigenvalue weighted by molar-refractivity contribution is -0.120. The van der Waals surface area contributed by atoms with Gasteiger partial charge in [0, 0.05) is 24.4 Å². The summed E-state index contributed by atoms with van der Waals surface area (Å²) in [6.07, 6.45) is 1.31. The highest BCUT2D eigenvalue weighted by molar-refractivity contribution is 6.03. The largest absolute Gasteiger partial charge is 0.493 e. The predicted molar refractivity (Wildman–Crippen MR) is 90.3 cm³/mol. The number of nitrogens with zero attached hydrogens (tertiary/aromatic N) is 1. The molecule has 0 saturated heterocycles. The number of carbonyl (C=O) groups excluding carboxylic acids is 1. The topological polar surface area (TPSA) is 38.8 Å². The molecule has 24 heavy (non-hydrogen) atoms. The summed E-state index contributed by atoms with van der Waals surface area (Å²) in [4.78, 5) is 14.6. The fraction of sp³-hybridized carbons (Fsp3) is 0.316. The van der Waals surface area contributed by atoms with E-state index in [1.54, 1.807) is 62.6 Å². The average molecular weight is 329 g/mol. The van der Waals surface area contributed by atoms with Gasteiger partial charge in [-0.1, -0.05) is 18.2 Å². The van der Waals surface area contributed by atoms with Crippen LogP contribution in [0.3, 0.4) is 0 Å². The van der Waals surface area contributed by atoms with Gasteiger partial charge in [-0.25, -0.2) is 4.39 Å². The fourth-order valence-corrected chi connectivity index (χ4v) is 3.04. The van der Waals surface area contributed by atoms with E-state index >= 15 is 0 Å². The van der Waals surface area contributed by atoms with Crippen LogP contribution < -0.4 is 14.4 Å². The summed E-state index contributed by atoms with van der Waals surface area (Å²) < 4.78 is 24.7. The SMILES string of the molecule is COc1ccc(N(C)C(=O)C2(c3ccccc3F)CC2)cc1OC. The van der Waals surface area contributed by atoms with E-state index in [1.165, 1.54) is 6.07 Å². The highest BCUT2D eigenvalue weighted by Crippen LogP contribution is 2.50. The number of likely N-dealkylation sites (N-methyl/N-ethyl adjacent to an activating group) is 1. The smallest absolute Gasteiger partial charge is 0.237 e. The molecule has 1 aliphatic carbocycles. The fourth-order valence-electron chi connectivity index (χ4n) is 3.04. The molecule has 0 aliphatic heterocycles. The molecule has 0 N–H and O–H groups in total. The molecule has 1 amide bonds. The molecule has 0 atom stereocenters. The number of amides is 1. The quantitative estimate of drug-likeness (QED) is 0.842. The van der Waals surface area contributed by atoms with Crippen LogP contribution in [-0.4, -0.2) is 27.2 Å². The zero-order valence-corrected chi connectivity index (χ0v) is 14.0. The number of hydrogen-bond donors (Lipinski definition) is 0. The monoisotopic (exact) mass is 329 g/mol. The maximum atomic E-state index is 14.2. The molecular formula is C19H20FNO3. The molecule has 5 heteroatoms. The van der Waals surface area contributed by atoms with Crippen molar-refractivity contribution < 1.29 is 18.7 Å². The zero-order chi connectivity index (χ0) is 17.3. The zero-order valence-electron chi connectivity index (χ0n) is 14.0. The molecule has 126 valence electrons. The van der Waals surface area contributed by atoms with Crippen LogP contribution in [0.15, 0.2) is 42.5 Å². The molecule has 3 rings (SSSR count). The van der Waals surface area contributed by atoms with E-state index in [4.69, 9.17) is 9.47 Å². The normalized spacial score (nSPS) is 14.8. The highest BCUT2D eigenvalue weighted by Gasteiger charge is 2.54. The molecule has 4 nitrogen and oxygen atoms in total. The van der Waals surface area contributed by atoms with Crippen molar-refractivity contribution in [2.75, 3.05) is 26.2 Å². The van der Waals surface area contributed by atoms with Gasteiger partial charge in [0.2, 0.25) is 5.91 Å². The van der Waals surface area contributed by atoms with E-state index in [0.717, 1.165) is 0 Å². The first kappa shape index (κ1) is 16.3. The van der Waals surface area contributed by atoms with Gasteiger partial charge in [-0.2, -0.15) is 0 Å². The van der Waals surface area contributed by atoms with E-state index in [-0.39, 0.29) is 11.7 Å². The standard InChI is InChI=1S/C19H20FNO3/c1-21(13-8-9-16(23-2)17(12-13)24-3)18(22)19(10-11-19)14-6-4-5-7-15(14)20/h4-9,12H,10-11H2,1-3H3. The Kier molecular flexibility index (Phi) is 4.18. The van der Waals surface area contributed by atoms with Crippen LogP contribution in [0.25, 0.3) is 0 Å². The summed E-state index contributed by atoms with van der Waals surface area (Å²) in [5.41, 5.74) is 0.398. The highest BCUT2D eigenvalue weighted by atomic mass is 19.1. The van der Waals surface area contributed by atoms with Crippen molar-refractivity contribution in [2.24, 2.45) is 0 Å². The molecule has 1 aliphatic rings. The number of hydrogen-bond acceptors (Lipinski definition) is 3. The second kappa shape index (κ2) is 6.15. The number of ether oxygens (including phenoxy) is 2. The Balaban J connectivity index is 1.92. The van der Waals surface area contributed by atoms with E-state index in [1.807, 2.05) is 0 Å².